The third-order valence-electron chi connectivity index (χ3n) is 5.28. The van der Waals surface area contributed by atoms with E-state index in [1.54, 1.807) is 12.1 Å². The lowest BCUT2D eigenvalue weighted by Gasteiger charge is -2.24. The molecule has 28 heavy (non-hydrogen) atoms. The molecule has 2 aromatic rings. The zero-order chi connectivity index (χ0) is 20.3. The van der Waals surface area contributed by atoms with Crippen molar-refractivity contribution in [2.45, 2.75) is 30.3 Å². The van der Waals surface area contributed by atoms with Gasteiger partial charge in [0.05, 0.1) is 4.90 Å². The summed E-state index contributed by atoms with van der Waals surface area (Å²) in [5.74, 6) is -0.173. The van der Waals surface area contributed by atoms with Crippen molar-refractivity contribution in [3.05, 3.63) is 65.7 Å². The van der Waals surface area contributed by atoms with Crippen molar-refractivity contribution in [1.82, 2.24) is 14.5 Å². The predicted molar refractivity (Wildman–Crippen MR) is 110 cm³/mol. The van der Waals surface area contributed by atoms with Crippen LogP contribution in [0.3, 0.4) is 0 Å². The molecule has 0 radical (unpaired) electrons. The minimum atomic E-state index is -3.49. The lowest BCUT2D eigenvalue weighted by atomic mass is 10.1. The van der Waals surface area contributed by atoms with Gasteiger partial charge in [0.2, 0.25) is 10.0 Å². The maximum atomic E-state index is 12.6. The van der Waals surface area contributed by atoms with Gasteiger partial charge in [-0.25, -0.2) is 12.7 Å². The fourth-order valence-corrected chi connectivity index (χ4v) is 4.36. The number of amides is 1. The molecule has 0 aromatic heterocycles. The SMILES string of the molecule is CC(c1ccccc1)N1CCC(NC(=O)c2ccc(S(=O)(=O)N(C)C)cc2)C1. The van der Waals surface area contributed by atoms with Crippen LogP contribution in [-0.2, 0) is 10.0 Å². The molecule has 1 N–H and O–H groups in total. The summed E-state index contributed by atoms with van der Waals surface area (Å²) in [5, 5.41) is 3.07. The molecule has 2 unspecified atom stereocenters. The summed E-state index contributed by atoms with van der Waals surface area (Å²) in [7, 11) is -0.521. The zero-order valence-electron chi connectivity index (χ0n) is 16.5. The van der Waals surface area contributed by atoms with Crippen molar-refractivity contribution in [1.29, 1.82) is 0 Å². The number of likely N-dealkylation sites (tertiary alicyclic amines) is 1. The molecule has 6 nitrogen and oxygen atoms in total. The second-order valence-corrected chi connectivity index (χ2v) is 9.50. The van der Waals surface area contributed by atoms with E-state index in [2.05, 4.69) is 29.3 Å². The number of hydrogen-bond donors (Lipinski definition) is 1. The molecular weight excluding hydrogens is 374 g/mol. The molecule has 1 saturated heterocycles. The fraction of sp³-hybridized carbons (Fsp3) is 0.381. The molecule has 1 aliphatic heterocycles. The van der Waals surface area contributed by atoms with E-state index in [1.165, 1.54) is 31.8 Å². The van der Waals surface area contributed by atoms with Crippen molar-refractivity contribution in [3.63, 3.8) is 0 Å². The van der Waals surface area contributed by atoms with Gasteiger partial charge in [-0.05, 0) is 43.2 Å². The molecule has 1 amide bonds. The highest BCUT2D eigenvalue weighted by Crippen LogP contribution is 2.24. The van der Waals surface area contributed by atoms with E-state index in [-0.39, 0.29) is 16.8 Å². The predicted octanol–water partition coefficient (Wildman–Crippen LogP) is 2.50. The summed E-state index contributed by atoms with van der Waals surface area (Å²) >= 11 is 0. The van der Waals surface area contributed by atoms with E-state index in [1.807, 2.05) is 18.2 Å². The normalized spacial score (nSPS) is 18.9. The topological polar surface area (TPSA) is 69.7 Å². The van der Waals surface area contributed by atoms with Crippen LogP contribution in [0.1, 0.15) is 35.3 Å². The van der Waals surface area contributed by atoms with Gasteiger partial charge in [0.25, 0.3) is 5.91 Å². The first-order valence-electron chi connectivity index (χ1n) is 9.41. The Hall–Kier alpha value is -2.22. The third-order valence-corrected chi connectivity index (χ3v) is 7.11. The first-order chi connectivity index (χ1) is 13.3. The van der Waals surface area contributed by atoms with E-state index < -0.39 is 10.0 Å². The Morgan fingerprint density at radius 2 is 1.75 bits per heavy atom. The molecule has 2 aromatic carbocycles. The Labute approximate surface area is 167 Å². The highest BCUT2D eigenvalue weighted by molar-refractivity contribution is 7.89. The average Bonchev–Trinajstić information content (AvgIpc) is 3.16. The smallest absolute Gasteiger partial charge is 0.251 e. The molecule has 7 heteroatoms. The molecule has 150 valence electrons. The lowest BCUT2D eigenvalue weighted by Crippen LogP contribution is -2.37. The van der Waals surface area contributed by atoms with Crippen LogP contribution >= 0.6 is 0 Å². The van der Waals surface area contributed by atoms with Crippen molar-refractivity contribution < 1.29 is 13.2 Å². The molecule has 1 heterocycles. The summed E-state index contributed by atoms with van der Waals surface area (Å²) in [6, 6.07) is 16.8. The highest BCUT2D eigenvalue weighted by Gasteiger charge is 2.28. The number of carbonyl (C=O) groups is 1. The van der Waals surface area contributed by atoms with Gasteiger partial charge in [-0.1, -0.05) is 30.3 Å². The quantitative estimate of drug-likeness (QED) is 0.807. The van der Waals surface area contributed by atoms with E-state index >= 15 is 0 Å². The molecule has 1 fully saturated rings. The van der Waals surface area contributed by atoms with Crippen LogP contribution in [-0.4, -0.2) is 56.8 Å². The van der Waals surface area contributed by atoms with Gasteiger partial charge < -0.3 is 5.32 Å². The summed E-state index contributed by atoms with van der Waals surface area (Å²) in [5.41, 5.74) is 1.74. The number of nitrogens with one attached hydrogen (secondary N) is 1. The van der Waals surface area contributed by atoms with Crippen LogP contribution < -0.4 is 5.32 Å². The van der Waals surface area contributed by atoms with Gasteiger partial charge in [0.1, 0.15) is 0 Å². The third kappa shape index (κ3) is 4.43. The fourth-order valence-electron chi connectivity index (χ4n) is 3.46. The van der Waals surface area contributed by atoms with Crippen LogP contribution in [0.15, 0.2) is 59.5 Å². The van der Waals surface area contributed by atoms with Gasteiger partial charge in [0.15, 0.2) is 0 Å². The van der Waals surface area contributed by atoms with Gasteiger partial charge in [-0.3, -0.25) is 9.69 Å². The number of nitrogens with zero attached hydrogens (tertiary/aromatic N) is 2. The van der Waals surface area contributed by atoms with Crippen LogP contribution in [0.25, 0.3) is 0 Å². The molecule has 0 spiro atoms. The van der Waals surface area contributed by atoms with E-state index in [4.69, 9.17) is 0 Å². The second-order valence-electron chi connectivity index (χ2n) is 7.35. The molecule has 0 aliphatic carbocycles. The maximum absolute atomic E-state index is 12.6. The van der Waals surface area contributed by atoms with Crippen molar-refractivity contribution in [2.24, 2.45) is 0 Å². The molecule has 0 bridgehead atoms. The van der Waals surface area contributed by atoms with E-state index in [0.29, 0.717) is 11.6 Å². The Bertz CT molecular complexity index is 912. The summed E-state index contributed by atoms with van der Waals surface area (Å²) in [6.07, 6.45) is 0.899. The van der Waals surface area contributed by atoms with Gasteiger partial charge in [-0.15, -0.1) is 0 Å². The van der Waals surface area contributed by atoms with Gasteiger partial charge >= 0.3 is 0 Å². The summed E-state index contributed by atoms with van der Waals surface area (Å²) in [4.78, 5) is 15.1. The first-order valence-corrected chi connectivity index (χ1v) is 10.9. The van der Waals surface area contributed by atoms with E-state index in [9.17, 15) is 13.2 Å². The molecule has 2 atom stereocenters. The molecule has 1 aliphatic rings. The standard InChI is InChI=1S/C21H27N3O3S/c1-16(17-7-5-4-6-8-17)24-14-13-19(15-24)22-21(25)18-9-11-20(12-10-18)28(26,27)23(2)3/h4-12,16,19H,13-15H2,1-3H3,(H,22,25). The zero-order valence-corrected chi connectivity index (χ0v) is 17.3. The molecule has 3 rings (SSSR count). The Kier molecular flexibility index (Phi) is 6.17. The van der Waals surface area contributed by atoms with Gasteiger partial charge in [-0.2, -0.15) is 0 Å². The number of rotatable bonds is 6. The summed E-state index contributed by atoms with van der Waals surface area (Å²) < 4.78 is 25.4. The summed E-state index contributed by atoms with van der Waals surface area (Å²) in [6.45, 7) is 3.92. The lowest BCUT2D eigenvalue weighted by molar-refractivity contribution is 0.0936. The monoisotopic (exact) mass is 401 g/mol. The van der Waals surface area contributed by atoms with Crippen LogP contribution in [0.2, 0.25) is 0 Å². The number of hydrogen-bond acceptors (Lipinski definition) is 4. The molecular formula is C21H27N3O3S. The van der Waals surface area contributed by atoms with Crippen LogP contribution in [0, 0.1) is 0 Å². The van der Waals surface area contributed by atoms with Crippen molar-refractivity contribution >= 4 is 15.9 Å². The minimum absolute atomic E-state index is 0.0869. The first kappa shape index (κ1) is 20.5. The highest BCUT2D eigenvalue weighted by atomic mass is 32.2. The van der Waals surface area contributed by atoms with Crippen molar-refractivity contribution in [3.8, 4) is 0 Å². The van der Waals surface area contributed by atoms with Crippen LogP contribution in [0.5, 0.6) is 0 Å². The Balaban J connectivity index is 1.60. The Morgan fingerprint density at radius 1 is 1.11 bits per heavy atom. The van der Waals surface area contributed by atoms with Gasteiger partial charge in [0, 0.05) is 44.8 Å². The second kappa shape index (κ2) is 8.43. The average molecular weight is 402 g/mol. The maximum Gasteiger partial charge on any atom is 0.251 e. The largest absolute Gasteiger partial charge is 0.348 e. The number of carbonyl (C=O) groups excluding carboxylic acids is 1. The Morgan fingerprint density at radius 3 is 2.36 bits per heavy atom. The minimum Gasteiger partial charge on any atom is -0.348 e. The van der Waals surface area contributed by atoms with Crippen LogP contribution in [0.4, 0.5) is 0 Å². The van der Waals surface area contributed by atoms with E-state index in [0.717, 1.165) is 23.8 Å². The molecule has 0 saturated carbocycles. The van der Waals surface area contributed by atoms with Crippen molar-refractivity contribution in [2.75, 3.05) is 27.2 Å². The number of benzene rings is 2. The number of sulfonamides is 1.